The van der Waals surface area contributed by atoms with Crippen LogP contribution in [0, 0.1) is 0 Å². The Morgan fingerprint density at radius 3 is 2.52 bits per heavy atom. The normalized spacial score (nSPS) is 18.9. The van der Waals surface area contributed by atoms with Gasteiger partial charge in [-0.15, -0.1) is 11.8 Å². The van der Waals surface area contributed by atoms with Gasteiger partial charge in [-0.3, -0.25) is 14.5 Å². The van der Waals surface area contributed by atoms with Gasteiger partial charge in [-0.05, 0) is 45.2 Å². The molecule has 1 aliphatic rings. The molecule has 1 N–H and O–H groups in total. The van der Waals surface area contributed by atoms with Crippen LogP contribution >= 0.6 is 23.4 Å². The Labute approximate surface area is 201 Å². The molecule has 0 aliphatic carbocycles. The number of nitrogens with one attached hydrogen (secondary N) is 1. The molecule has 1 aromatic carbocycles. The van der Waals surface area contributed by atoms with Crippen LogP contribution in [0.4, 0.5) is 0 Å². The van der Waals surface area contributed by atoms with Crippen LogP contribution in [0.25, 0.3) is 0 Å². The minimum atomic E-state index is -1.40. The average molecular weight is 499 g/mol. The van der Waals surface area contributed by atoms with Gasteiger partial charge in [0.25, 0.3) is 11.8 Å². The number of amides is 2. The number of carbonyl (C=O) groups excluding carboxylic acids is 4. The van der Waals surface area contributed by atoms with E-state index in [1.807, 2.05) is 6.07 Å². The molecular weight excluding hydrogens is 472 g/mol. The van der Waals surface area contributed by atoms with E-state index in [2.05, 4.69) is 5.32 Å². The summed E-state index contributed by atoms with van der Waals surface area (Å²) in [7, 11) is 0. The summed E-state index contributed by atoms with van der Waals surface area (Å²) in [5.41, 5.74) is -2.20. The Morgan fingerprint density at radius 1 is 1.24 bits per heavy atom. The van der Waals surface area contributed by atoms with Crippen molar-refractivity contribution in [3.8, 4) is 5.75 Å². The summed E-state index contributed by atoms with van der Waals surface area (Å²) in [5.74, 6) is -1.94. The fraction of sp³-hybridized carbons (Fsp3) is 0.455. The van der Waals surface area contributed by atoms with Gasteiger partial charge in [0.2, 0.25) is 5.50 Å². The molecule has 1 saturated heterocycles. The molecule has 1 heterocycles. The Bertz CT molecular complexity index is 888. The van der Waals surface area contributed by atoms with Crippen LogP contribution in [0.1, 0.15) is 27.7 Å². The number of hydrogen-bond acceptors (Lipinski definition) is 8. The first kappa shape index (κ1) is 26.5. The van der Waals surface area contributed by atoms with Gasteiger partial charge in [-0.2, -0.15) is 0 Å². The number of alkyl halides is 1. The Hall–Kier alpha value is -2.72. The van der Waals surface area contributed by atoms with E-state index < -0.39 is 46.3 Å². The van der Waals surface area contributed by atoms with E-state index in [9.17, 15) is 19.2 Å². The fourth-order valence-corrected chi connectivity index (χ4v) is 4.09. The van der Waals surface area contributed by atoms with Crippen molar-refractivity contribution in [3.63, 3.8) is 0 Å². The zero-order chi connectivity index (χ0) is 24.6. The van der Waals surface area contributed by atoms with Crippen molar-refractivity contribution in [2.24, 2.45) is 0 Å². The van der Waals surface area contributed by atoms with E-state index in [4.69, 9.17) is 25.8 Å². The highest BCUT2D eigenvalue weighted by atomic mass is 35.5. The van der Waals surface area contributed by atoms with Crippen molar-refractivity contribution in [1.82, 2.24) is 10.2 Å². The zero-order valence-electron chi connectivity index (χ0n) is 18.8. The smallest absolute Gasteiger partial charge is 0.345 e. The number of carbonyl (C=O) groups is 4. The SMILES string of the molecule is CCOC(=O)C=CS[C@@H]1[C@H](NC(=O)COc2ccccc2)C(=O)N1C(Cl)C(=O)OC(C)(C)C. The maximum Gasteiger partial charge on any atom is 0.345 e. The fourth-order valence-electron chi connectivity index (χ4n) is 2.71. The molecule has 1 aromatic rings. The molecule has 0 bridgehead atoms. The summed E-state index contributed by atoms with van der Waals surface area (Å²) in [6.07, 6.45) is 1.18. The predicted molar refractivity (Wildman–Crippen MR) is 123 cm³/mol. The van der Waals surface area contributed by atoms with Crippen molar-refractivity contribution in [2.45, 2.75) is 50.2 Å². The summed E-state index contributed by atoms with van der Waals surface area (Å²) >= 11 is 7.26. The third-order valence-electron chi connectivity index (χ3n) is 4.06. The van der Waals surface area contributed by atoms with Crippen molar-refractivity contribution in [3.05, 3.63) is 41.8 Å². The quantitative estimate of drug-likeness (QED) is 0.172. The van der Waals surface area contributed by atoms with E-state index >= 15 is 0 Å². The van der Waals surface area contributed by atoms with Crippen molar-refractivity contribution < 1.29 is 33.4 Å². The lowest BCUT2D eigenvalue weighted by molar-refractivity contribution is -0.167. The molecule has 3 atom stereocenters. The molecule has 11 heteroatoms. The van der Waals surface area contributed by atoms with E-state index in [0.29, 0.717) is 5.75 Å². The molecule has 33 heavy (non-hydrogen) atoms. The molecule has 2 amide bonds. The first-order valence-corrected chi connectivity index (χ1v) is 11.6. The van der Waals surface area contributed by atoms with Crippen LogP contribution < -0.4 is 10.1 Å². The summed E-state index contributed by atoms with van der Waals surface area (Å²) in [6, 6.07) is 7.76. The molecule has 0 spiro atoms. The molecule has 1 fully saturated rings. The van der Waals surface area contributed by atoms with Crippen LogP contribution in [0.15, 0.2) is 41.8 Å². The van der Waals surface area contributed by atoms with Crippen LogP contribution in [0.5, 0.6) is 5.75 Å². The standard InChI is InChI=1S/C22H27ClN2O7S/c1-5-30-16(27)11-12-33-20-17(24-15(26)13-31-14-9-7-6-8-10-14)19(28)25(20)18(23)21(29)32-22(2,3)4/h6-12,17-18,20H,5,13H2,1-4H3,(H,24,26)/t17-,18?,20-/m1/s1. The van der Waals surface area contributed by atoms with Gasteiger partial charge in [-0.1, -0.05) is 29.8 Å². The zero-order valence-corrected chi connectivity index (χ0v) is 20.4. The maximum absolute atomic E-state index is 12.7. The minimum Gasteiger partial charge on any atom is -0.484 e. The van der Waals surface area contributed by atoms with E-state index in [-0.39, 0.29) is 13.2 Å². The minimum absolute atomic E-state index is 0.213. The number of halogens is 1. The lowest BCUT2D eigenvalue weighted by Gasteiger charge is -2.47. The van der Waals surface area contributed by atoms with Crippen LogP contribution in [0.3, 0.4) is 0 Å². The monoisotopic (exact) mass is 498 g/mol. The van der Waals surface area contributed by atoms with E-state index in [1.165, 1.54) is 11.5 Å². The van der Waals surface area contributed by atoms with Crippen LogP contribution in [-0.2, 0) is 28.7 Å². The van der Waals surface area contributed by atoms with Gasteiger partial charge in [0.05, 0.1) is 6.61 Å². The number of esters is 2. The molecular formula is C22H27ClN2O7S. The molecule has 2 rings (SSSR count). The largest absolute Gasteiger partial charge is 0.484 e. The Kier molecular flexibility index (Phi) is 9.60. The molecule has 0 aromatic heterocycles. The number of rotatable bonds is 10. The van der Waals surface area contributed by atoms with Gasteiger partial charge in [0.15, 0.2) is 6.61 Å². The van der Waals surface area contributed by atoms with Gasteiger partial charge in [0.1, 0.15) is 22.8 Å². The topological polar surface area (TPSA) is 111 Å². The van der Waals surface area contributed by atoms with Gasteiger partial charge >= 0.3 is 11.9 Å². The van der Waals surface area contributed by atoms with Gasteiger partial charge < -0.3 is 19.5 Å². The Morgan fingerprint density at radius 2 is 1.91 bits per heavy atom. The van der Waals surface area contributed by atoms with Crippen LogP contribution in [0.2, 0.25) is 0 Å². The molecule has 1 unspecified atom stereocenters. The third-order valence-corrected chi connectivity index (χ3v) is 5.52. The average Bonchev–Trinajstić information content (AvgIpc) is 2.75. The molecule has 180 valence electrons. The number of hydrogen-bond donors (Lipinski definition) is 1. The lowest BCUT2D eigenvalue weighted by atomic mass is 10.1. The van der Waals surface area contributed by atoms with E-state index in [1.54, 1.807) is 52.0 Å². The second-order valence-corrected chi connectivity index (χ2v) is 9.28. The van der Waals surface area contributed by atoms with Crippen molar-refractivity contribution in [2.75, 3.05) is 13.2 Å². The molecule has 9 nitrogen and oxygen atoms in total. The molecule has 0 saturated carbocycles. The number of ether oxygens (including phenoxy) is 3. The van der Waals surface area contributed by atoms with Crippen molar-refractivity contribution >= 4 is 47.1 Å². The highest BCUT2D eigenvalue weighted by Crippen LogP contribution is 2.35. The lowest BCUT2D eigenvalue weighted by Crippen LogP contribution is -2.72. The van der Waals surface area contributed by atoms with Gasteiger partial charge in [0, 0.05) is 6.08 Å². The summed E-state index contributed by atoms with van der Waals surface area (Å²) < 4.78 is 15.5. The second kappa shape index (κ2) is 11.9. The number of likely N-dealkylation sites (tertiary alicyclic amines) is 1. The summed E-state index contributed by atoms with van der Waals surface area (Å²) in [6.45, 7) is 6.61. The molecule has 1 aliphatic heterocycles. The first-order chi connectivity index (χ1) is 15.5. The predicted octanol–water partition coefficient (Wildman–Crippen LogP) is 2.44. The number of para-hydroxylation sites is 1. The first-order valence-electron chi connectivity index (χ1n) is 10.2. The Balaban J connectivity index is 2.06. The third kappa shape index (κ3) is 7.97. The number of nitrogens with zero attached hydrogens (tertiary/aromatic N) is 1. The van der Waals surface area contributed by atoms with Crippen molar-refractivity contribution in [1.29, 1.82) is 0 Å². The van der Waals surface area contributed by atoms with E-state index in [0.717, 1.165) is 16.7 Å². The number of thioether (sulfide) groups is 1. The summed E-state index contributed by atoms with van der Waals surface area (Å²) in [4.78, 5) is 50.1. The second-order valence-electron chi connectivity index (χ2n) is 7.84. The van der Waals surface area contributed by atoms with Crippen LogP contribution in [-0.4, -0.2) is 64.4 Å². The molecule has 0 radical (unpaired) electrons. The number of β-lactam (4-membered cyclic amide) rings is 1. The number of benzene rings is 1. The van der Waals surface area contributed by atoms with Gasteiger partial charge in [-0.25, -0.2) is 9.59 Å². The highest BCUT2D eigenvalue weighted by molar-refractivity contribution is 8.02. The highest BCUT2D eigenvalue weighted by Gasteiger charge is 2.53. The summed E-state index contributed by atoms with van der Waals surface area (Å²) in [5, 5.41) is 3.25. The maximum atomic E-state index is 12.7.